The first-order chi connectivity index (χ1) is 10.3. The van der Waals surface area contributed by atoms with Crippen molar-refractivity contribution >= 4 is 16.7 Å². The summed E-state index contributed by atoms with van der Waals surface area (Å²) < 4.78 is 2.44. The topological polar surface area (TPSA) is 43.8 Å². The smallest absolute Gasteiger partial charge is 0.110 e. The lowest BCUT2D eigenvalue weighted by Gasteiger charge is -2.08. The Morgan fingerprint density at radius 3 is 2.57 bits per heavy atom. The van der Waals surface area contributed by atoms with E-state index in [4.69, 9.17) is 10.7 Å². The summed E-state index contributed by atoms with van der Waals surface area (Å²) in [6, 6.07) is 17.2. The molecule has 3 aromatic rings. The molecule has 0 unspecified atom stereocenters. The Hall–Kier alpha value is -2.29. The van der Waals surface area contributed by atoms with Crippen molar-refractivity contribution in [1.82, 2.24) is 9.55 Å². The fourth-order valence-electron chi connectivity index (χ4n) is 3.02. The molecule has 1 fully saturated rings. The number of nitrogen functional groups attached to an aromatic ring is 1. The van der Waals surface area contributed by atoms with Gasteiger partial charge in [-0.25, -0.2) is 4.98 Å². The number of rotatable bonds is 4. The van der Waals surface area contributed by atoms with Gasteiger partial charge >= 0.3 is 0 Å². The summed E-state index contributed by atoms with van der Waals surface area (Å²) in [7, 11) is 0. The minimum Gasteiger partial charge on any atom is -0.399 e. The van der Waals surface area contributed by atoms with Gasteiger partial charge in [-0.15, -0.1) is 0 Å². The minimum atomic E-state index is 0.653. The average Bonchev–Trinajstić information content (AvgIpc) is 3.27. The molecule has 0 atom stereocenters. The number of nitrogens with zero attached hydrogens (tertiary/aromatic N) is 2. The molecule has 3 heteroatoms. The molecule has 2 N–H and O–H groups in total. The van der Waals surface area contributed by atoms with Crippen LogP contribution in [0, 0.1) is 0 Å². The molecule has 1 aliphatic rings. The number of hydrogen-bond acceptors (Lipinski definition) is 2. The number of aromatic nitrogens is 2. The Morgan fingerprint density at radius 2 is 1.76 bits per heavy atom. The molecule has 4 rings (SSSR count). The van der Waals surface area contributed by atoms with Crippen molar-refractivity contribution in [3.05, 3.63) is 59.9 Å². The third-order valence-electron chi connectivity index (χ3n) is 4.25. The standard InChI is InChI=1S/C18H19N3/c19-15-6-2-1-5-13(15)9-12-18-20-16-7-3-4-8-17(16)21(18)14-10-11-14/h1-8,14H,9-12,19H2. The predicted molar refractivity (Wildman–Crippen MR) is 86.3 cm³/mol. The molecule has 0 saturated heterocycles. The largest absolute Gasteiger partial charge is 0.399 e. The molecule has 0 aliphatic heterocycles. The van der Waals surface area contributed by atoms with Crippen LogP contribution in [0.1, 0.15) is 30.3 Å². The molecule has 0 radical (unpaired) electrons. The number of fused-ring (bicyclic) bond motifs is 1. The van der Waals surface area contributed by atoms with Crippen molar-refractivity contribution in [2.45, 2.75) is 31.7 Å². The second kappa shape index (κ2) is 4.92. The molecule has 2 aromatic carbocycles. The summed E-state index contributed by atoms with van der Waals surface area (Å²) >= 11 is 0. The van der Waals surface area contributed by atoms with E-state index in [1.807, 2.05) is 12.1 Å². The first kappa shape index (κ1) is 12.5. The van der Waals surface area contributed by atoms with E-state index >= 15 is 0 Å². The monoisotopic (exact) mass is 277 g/mol. The molecule has 21 heavy (non-hydrogen) atoms. The zero-order valence-corrected chi connectivity index (χ0v) is 12.0. The average molecular weight is 277 g/mol. The van der Waals surface area contributed by atoms with Gasteiger partial charge in [-0.05, 0) is 43.0 Å². The summed E-state index contributed by atoms with van der Waals surface area (Å²) in [4.78, 5) is 4.84. The van der Waals surface area contributed by atoms with E-state index in [0.717, 1.165) is 24.0 Å². The number of hydrogen-bond donors (Lipinski definition) is 1. The number of aryl methyl sites for hydroxylation is 2. The molecule has 1 heterocycles. The lowest BCUT2D eigenvalue weighted by Crippen LogP contribution is -2.04. The SMILES string of the molecule is Nc1ccccc1CCc1nc2ccccc2n1C1CC1. The highest BCUT2D eigenvalue weighted by Gasteiger charge is 2.27. The first-order valence-corrected chi connectivity index (χ1v) is 7.62. The fourth-order valence-corrected chi connectivity index (χ4v) is 3.02. The van der Waals surface area contributed by atoms with Crippen molar-refractivity contribution in [1.29, 1.82) is 0 Å². The molecule has 1 aromatic heterocycles. The second-order valence-electron chi connectivity index (χ2n) is 5.82. The third kappa shape index (κ3) is 2.29. The molecule has 3 nitrogen and oxygen atoms in total. The molecule has 0 amide bonds. The van der Waals surface area contributed by atoms with Crippen molar-refractivity contribution in [3.8, 4) is 0 Å². The van der Waals surface area contributed by atoms with Crippen LogP contribution < -0.4 is 5.73 Å². The van der Waals surface area contributed by atoms with Crippen LogP contribution in [-0.4, -0.2) is 9.55 Å². The predicted octanol–water partition coefficient (Wildman–Crippen LogP) is 3.74. The molecule has 106 valence electrons. The van der Waals surface area contributed by atoms with Crippen molar-refractivity contribution < 1.29 is 0 Å². The lowest BCUT2D eigenvalue weighted by molar-refractivity contribution is 0.692. The molecule has 1 aliphatic carbocycles. The summed E-state index contributed by atoms with van der Waals surface area (Å²) in [5.41, 5.74) is 10.5. The zero-order chi connectivity index (χ0) is 14.2. The Labute approximate surface area is 124 Å². The van der Waals surface area contributed by atoms with E-state index in [9.17, 15) is 0 Å². The van der Waals surface area contributed by atoms with E-state index < -0.39 is 0 Å². The van der Waals surface area contributed by atoms with Crippen LogP contribution in [-0.2, 0) is 12.8 Å². The van der Waals surface area contributed by atoms with Crippen LogP contribution in [0.25, 0.3) is 11.0 Å². The molecular formula is C18H19N3. The van der Waals surface area contributed by atoms with Gasteiger partial charge in [0.2, 0.25) is 0 Å². The van der Waals surface area contributed by atoms with Gasteiger partial charge in [0.05, 0.1) is 11.0 Å². The van der Waals surface area contributed by atoms with Gasteiger partial charge in [0.1, 0.15) is 5.82 Å². The molecule has 0 spiro atoms. The Balaban J connectivity index is 1.67. The van der Waals surface area contributed by atoms with Crippen molar-refractivity contribution in [2.24, 2.45) is 0 Å². The maximum absolute atomic E-state index is 6.04. The van der Waals surface area contributed by atoms with E-state index in [1.54, 1.807) is 0 Å². The van der Waals surface area contributed by atoms with E-state index in [2.05, 4.69) is 41.0 Å². The van der Waals surface area contributed by atoms with Gasteiger partial charge in [-0.1, -0.05) is 30.3 Å². The fraction of sp³-hybridized carbons (Fsp3) is 0.278. The van der Waals surface area contributed by atoms with Crippen LogP contribution in [0.15, 0.2) is 48.5 Å². The van der Waals surface area contributed by atoms with Crippen molar-refractivity contribution in [2.75, 3.05) is 5.73 Å². The Kier molecular flexibility index (Phi) is 2.92. The number of benzene rings is 2. The Morgan fingerprint density at radius 1 is 1.00 bits per heavy atom. The Bertz CT molecular complexity index is 784. The number of anilines is 1. The van der Waals surface area contributed by atoms with Gasteiger partial charge in [-0.2, -0.15) is 0 Å². The molecular weight excluding hydrogens is 258 g/mol. The highest BCUT2D eigenvalue weighted by molar-refractivity contribution is 5.76. The van der Waals surface area contributed by atoms with E-state index in [1.165, 1.54) is 29.7 Å². The lowest BCUT2D eigenvalue weighted by atomic mass is 10.1. The normalized spacial score (nSPS) is 14.7. The molecule has 1 saturated carbocycles. The quantitative estimate of drug-likeness (QED) is 0.738. The van der Waals surface area contributed by atoms with Gasteiger partial charge < -0.3 is 10.3 Å². The zero-order valence-electron chi connectivity index (χ0n) is 12.0. The summed E-state index contributed by atoms with van der Waals surface area (Å²) in [6.07, 6.45) is 4.45. The van der Waals surface area contributed by atoms with Crippen LogP contribution in [0.2, 0.25) is 0 Å². The van der Waals surface area contributed by atoms with Gasteiger partial charge in [-0.3, -0.25) is 0 Å². The van der Waals surface area contributed by atoms with Gasteiger partial charge in [0, 0.05) is 18.2 Å². The van der Waals surface area contributed by atoms with Crippen LogP contribution in [0.4, 0.5) is 5.69 Å². The van der Waals surface area contributed by atoms with Crippen molar-refractivity contribution in [3.63, 3.8) is 0 Å². The van der Waals surface area contributed by atoms with Gasteiger partial charge in [0.25, 0.3) is 0 Å². The maximum atomic E-state index is 6.04. The maximum Gasteiger partial charge on any atom is 0.110 e. The van der Waals surface area contributed by atoms with Crippen LogP contribution >= 0.6 is 0 Å². The van der Waals surface area contributed by atoms with Gasteiger partial charge in [0.15, 0.2) is 0 Å². The van der Waals surface area contributed by atoms with Crippen LogP contribution in [0.5, 0.6) is 0 Å². The highest BCUT2D eigenvalue weighted by Crippen LogP contribution is 2.38. The molecule has 0 bridgehead atoms. The number of nitrogens with two attached hydrogens (primary N) is 1. The first-order valence-electron chi connectivity index (χ1n) is 7.62. The third-order valence-corrected chi connectivity index (χ3v) is 4.25. The number of para-hydroxylation sites is 3. The summed E-state index contributed by atoms with van der Waals surface area (Å²) in [5, 5.41) is 0. The second-order valence-corrected chi connectivity index (χ2v) is 5.82. The summed E-state index contributed by atoms with van der Waals surface area (Å²) in [6.45, 7) is 0. The summed E-state index contributed by atoms with van der Waals surface area (Å²) in [5.74, 6) is 1.20. The van der Waals surface area contributed by atoms with Crippen LogP contribution in [0.3, 0.4) is 0 Å². The highest BCUT2D eigenvalue weighted by atomic mass is 15.1. The van der Waals surface area contributed by atoms with E-state index in [-0.39, 0.29) is 0 Å². The van der Waals surface area contributed by atoms with E-state index in [0.29, 0.717) is 6.04 Å². The minimum absolute atomic E-state index is 0.653. The number of imidazole rings is 1.